The first-order valence-electron chi connectivity index (χ1n) is 10.8. The Kier molecular flexibility index (Phi) is 13.9. The molecule has 0 aliphatic carbocycles. The van der Waals surface area contributed by atoms with Gasteiger partial charge in [-0.2, -0.15) is 0 Å². The van der Waals surface area contributed by atoms with Gasteiger partial charge in [-0.3, -0.25) is 4.79 Å². The quantitative estimate of drug-likeness (QED) is 0.242. The van der Waals surface area contributed by atoms with E-state index in [1.165, 1.54) is 89.9 Å². The molecule has 2 nitrogen and oxygen atoms in total. The highest BCUT2D eigenvalue weighted by Crippen LogP contribution is 2.13. The van der Waals surface area contributed by atoms with E-state index in [1.807, 2.05) is 4.90 Å². The summed E-state index contributed by atoms with van der Waals surface area (Å²) in [6.45, 7) is 4.26. The zero-order valence-corrected chi connectivity index (χ0v) is 16.2. The molecule has 0 spiro atoms. The highest BCUT2D eigenvalue weighted by atomic mass is 16.2. The van der Waals surface area contributed by atoms with Crippen molar-refractivity contribution in [2.45, 2.75) is 110 Å². The zero-order valence-electron chi connectivity index (χ0n) is 16.2. The fourth-order valence-electron chi connectivity index (χ4n) is 3.49. The van der Waals surface area contributed by atoms with Gasteiger partial charge >= 0.3 is 0 Å². The summed E-state index contributed by atoms with van der Waals surface area (Å²) in [5.74, 6) is 0.354. The van der Waals surface area contributed by atoms with Crippen LogP contribution < -0.4 is 0 Å². The lowest BCUT2D eigenvalue weighted by molar-refractivity contribution is -0.130. The van der Waals surface area contributed by atoms with E-state index >= 15 is 0 Å². The average Bonchev–Trinajstić information content (AvgIpc) is 3.13. The summed E-state index contributed by atoms with van der Waals surface area (Å²) in [5, 5.41) is 0. The second-order valence-corrected chi connectivity index (χ2v) is 7.42. The Morgan fingerprint density at radius 1 is 0.750 bits per heavy atom. The Labute approximate surface area is 151 Å². The third-order valence-electron chi connectivity index (χ3n) is 5.12. The molecule has 24 heavy (non-hydrogen) atoms. The normalized spacial score (nSPS) is 14.8. The highest BCUT2D eigenvalue weighted by Gasteiger charge is 2.16. The lowest BCUT2D eigenvalue weighted by Gasteiger charge is -2.13. The Morgan fingerprint density at radius 3 is 1.83 bits per heavy atom. The maximum Gasteiger partial charge on any atom is 0.222 e. The molecule has 0 aromatic carbocycles. The molecule has 0 saturated carbocycles. The predicted molar refractivity (Wildman–Crippen MR) is 105 cm³/mol. The van der Waals surface area contributed by atoms with Crippen molar-refractivity contribution in [1.29, 1.82) is 0 Å². The maximum absolute atomic E-state index is 11.9. The van der Waals surface area contributed by atoms with Crippen LogP contribution in [-0.4, -0.2) is 23.9 Å². The molecule has 1 heterocycles. The van der Waals surface area contributed by atoms with Gasteiger partial charge in [0.05, 0.1) is 0 Å². The van der Waals surface area contributed by atoms with E-state index < -0.39 is 0 Å². The molecular formula is C22H41NO. The van der Waals surface area contributed by atoms with Crippen molar-refractivity contribution in [3.05, 3.63) is 12.2 Å². The molecule has 1 saturated heterocycles. The summed E-state index contributed by atoms with van der Waals surface area (Å²) in [7, 11) is 0. The van der Waals surface area contributed by atoms with Crippen LogP contribution in [0.4, 0.5) is 0 Å². The molecule has 1 aliphatic rings. The number of hydrogen-bond donors (Lipinski definition) is 0. The summed E-state index contributed by atoms with van der Waals surface area (Å²) >= 11 is 0. The SMILES string of the molecule is CCCCCCCCCCCCCC=CCCC(=O)N1CCCC1. The number of amides is 1. The Hall–Kier alpha value is -0.790. The second kappa shape index (κ2) is 15.7. The van der Waals surface area contributed by atoms with Crippen molar-refractivity contribution in [2.75, 3.05) is 13.1 Å². The van der Waals surface area contributed by atoms with Crippen LogP contribution in [0.3, 0.4) is 0 Å². The van der Waals surface area contributed by atoms with Crippen molar-refractivity contribution in [2.24, 2.45) is 0 Å². The Morgan fingerprint density at radius 2 is 1.25 bits per heavy atom. The largest absolute Gasteiger partial charge is 0.343 e. The van der Waals surface area contributed by atoms with Crippen LogP contribution in [0.2, 0.25) is 0 Å². The van der Waals surface area contributed by atoms with Crippen LogP contribution in [-0.2, 0) is 4.79 Å². The number of unbranched alkanes of at least 4 members (excludes halogenated alkanes) is 11. The first kappa shape index (κ1) is 21.3. The fraction of sp³-hybridized carbons (Fsp3) is 0.864. The molecule has 0 atom stereocenters. The number of nitrogens with zero attached hydrogens (tertiary/aromatic N) is 1. The lowest BCUT2D eigenvalue weighted by Crippen LogP contribution is -2.27. The van der Waals surface area contributed by atoms with Crippen molar-refractivity contribution in [3.8, 4) is 0 Å². The number of likely N-dealkylation sites (tertiary alicyclic amines) is 1. The van der Waals surface area contributed by atoms with E-state index in [-0.39, 0.29) is 0 Å². The zero-order chi connectivity index (χ0) is 17.3. The Bertz CT molecular complexity index is 318. The molecule has 0 radical (unpaired) electrons. The van der Waals surface area contributed by atoms with E-state index in [9.17, 15) is 4.79 Å². The van der Waals surface area contributed by atoms with Gasteiger partial charge in [0.15, 0.2) is 0 Å². The van der Waals surface area contributed by atoms with Crippen LogP contribution in [0, 0.1) is 0 Å². The first-order chi connectivity index (χ1) is 11.8. The van der Waals surface area contributed by atoms with Gasteiger partial charge in [-0.05, 0) is 32.1 Å². The third kappa shape index (κ3) is 11.7. The second-order valence-electron chi connectivity index (χ2n) is 7.42. The molecule has 0 aromatic heterocycles. The summed E-state index contributed by atoms with van der Waals surface area (Å²) < 4.78 is 0. The highest BCUT2D eigenvalue weighted by molar-refractivity contribution is 5.76. The van der Waals surface area contributed by atoms with Crippen molar-refractivity contribution < 1.29 is 4.79 Å². The van der Waals surface area contributed by atoms with Crippen LogP contribution in [0.25, 0.3) is 0 Å². The molecule has 0 unspecified atom stereocenters. The molecule has 0 N–H and O–H groups in total. The van der Waals surface area contributed by atoms with Gasteiger partial charge in [-0.15, -0.1) is 0 Å². The van der Waals surface area contributed by atoms with Crippen molar-refractivity contribution in [1.82, 2.24) is 4.90 Å². The molecule has 0 bridgehead atoms. The molecule has 1 rings (SSSR count). The summed E-state index contributed by atoms with van der Waals surface area (Å²) in [5.41, 5.74) is 0. The van der Waals surface area contributed by atoms with Crippen LogP contribution >= 0.6 is 0 Å². The third-order valence-corrected chi connectivity index (χ3v) is 5.12. The number of carbonyl (C=O) groups is 1. The van der Waals surface area contributed by atoms with Crippen molar-refractivity contribution >= 4 is 5.91 Å². The minimum absolute atomic E-state index is 0.354. The minimum Gasteiger partial charge on any atom is -0.343 e. The van der Waals surface area contributed by atoms with Gasteiger partial charge in [-0.1, -0.05) is 83.3 Å². The van der Waals surface area contributed by atoms with Gasteiger partial charge in [0, 0.05) is 19.5 Å². The molecule has 2 heteroatoms. The number of carbonyl (C=O) groups excluding carboxylic acids is 1. The van der Waals surface area contributed by atoms with Crippen LogP contribution in [0.1, 0.15) is 110 Å². The van der Waals surface area contributed by atoms with E-state index in [0.717, 1.165) is 19.5 Å². The number of allylic oxidation sites excluding steroid dienone is 2. The van der Waals surface area contributed by atoms with Gasteiger partial charge in [0.1, 0.15) is 0 Å². The topological polar surface area (TPSA) is 20.3 Å². The monoisotopic (exact) mass is 335 g/mol. The van der Waals surface area contributed by atoms with E-state index in [0.29, 0.717) is 12.3 Å². The fourth-order valence-corrected chi connectivity index (χ4v) is 3.49. The molecule has 1 aliphatic heterocycles. The number of hydrogen-bond acceptors (Lipinski definition) is 1. The first-order valence-corrected chi connectivity index (χ1v) is 10.8. The molecule has 1 fully saturated rings. The molecule has 140 valence electrons. The summed E-state index contributed by atoms with van der Waals surface area (Å²) in [6.07, 6.45) is 25.2. The van der Waals surface area contributed by atoms with Gasteiger partial charge in [0.2, 0.25) is 5.91 Å². The van der Waals surface area contributed by atoms with Gasteiger partial charge < -0.3 is 4.90 Å². The summed E-state index contributed by atoms with van der Waals surface area (Å²) in [6, 6.07) is 0. The average molecular weight is 336 g/mol. The molecule has 0 aromatic rings. The summed E-state index contributed by atoms with van der Waals surface area (Å²) in [4.78, 5) is 13.9. The molecular weight excluding hydrogens is 294 g/mol. The Balaban J connectivity index is 1.77. The van der Waals surface area contributed by atoms with Gasteiger partial charge in [0.25, 0.3) is 0 Å². The van der Waals surface area contributed by atoms with Gasteiger partial charge in [-0.25, -0.2) is 0 Å². The standard InChI is InChI=1S/C22H41NO/c1-2-3-4-5-6-7-8-9-10-11-12-13-14-15-16-19-22(24)23-20-17-18-21-23/h14-15H,2-13,16-21H2,1H3. The predicted octanol–water partition coefficient (Wildman–Crippen LogP) is 6.65. The lowest BCUT2D eigenvalue weighted by atomic mass is 10.1. The van der Waals surface area contributed by atoms with Crippen molar-refractivity contribution in [3.63, 3.8) is 0 Å². The van der Waals surface area contributed by atoms with Crippen LogP contribution in [0.5, 0.6) is 0 Å². The van der Waals surface area contributed by atoms with E-state index in [2.05, 4.69) is 19.1 Å². The van der Waals surface area contributed by atoms with E-state index in [4.69, 9.17) is 0 Å². The molecule has 1 amide bonds. The number of rotatable bonds is 15. The smallest absolute Gasteiger partial charge is 0.222 e. The maximum atomic E-state index is 11.9. The van der Waals surface area contributed by atoms with Crippen LogP contribution in [0.15, 0.2) is 12.2 Å². The minimum atomic E-state index is 0.354. The van der Waals surface area contributed by atoms with E-state index in [1.54, 1.807) is 0 Å².